The van der Waals surface area contributed by atoms with Crippen LogP contribution in [0.5, 0.6) is 0 Å². The molecule has 0 saturated carbocycles. The molecule has 0 aromatic carbocycles. The Hall–Kier alpha value is -1.94. The van der Waals surface area contributed by atoms with E-state index in [1.807, 2.05) is 0 Å². The number of rotatable bonds is 74. The van der Waals surface area contributed by atoms with E-state index in [9.17, 15) is 43.2 Å². The monoisotopic (exact) mass is 1400 g/mol. The molecule has 0 spiro atoms. The molecular weight excluding hydrogens is 1250 g/mol. The number of carbonyl (C=O) groups excluding carboxylic acids is 4. The molecule has 0 aliphatic rings. The van der Waals surface area contributed by atoms with Gasteiger partial charge in [-0.05, 0) is 43.4 Å². The highest BCUT2D eigenvalue weighted by Gasteiger charge is 2.30. The van der Waals surface area contributed by atoms with Crippen LogP contribution in [0.15, 0.2) is 0 Å². The maximum Gasteiger partial charge on any atom is 0.472 e. The van der Waals surface area contributed by atoms with E-state index in [2.05, 4.69) is 48.5 Å². The van der Waals surface area contributed by atoms with E-state index in [0.717, 1.165) is 108 Å². The van der Waals surface area contributed by atoms with Crippen molar-refractivity contribution in [1.82, 2.24) is 0 Å². The summed E-state index contributed by atoms with van der Waals surface area (Å²) < 4.78 is 68.5. The van der Waals surface area contributed by atoms with Crippen LogP contribution in [0.1, 0.15) is 389 Å². The Balaban J connectivity index is 5.24. The van der Waals surface area contributed by atoms with Crippen molar-refractivity contribution in [3.8, 4) is 0 Å². The Labute approximate surface area is 581 Å². The van der Waals surface area contributed by atoms with Gasteiger partial charge in [0.25, 0.3) is 0 Å². The van der Waals surface area contributed by atoms with Crippen molar-refractivity contribution in [1.29, 1.82) is 0 Å². The lowest BCUT2D eigenvalue weighted by Crippen LogP contribution is -2.30. The van der Waals surface area contributed by atoms with Gasteiger partial charge in [-0.3, -0.25) is 37.3 Å². The summed E-state index contributed by atoms with van der Waals surface area (Å²) in [6.45, 7) is 11.9. The fourth-order valence-electron chi connectivity index (χ4n) is 11.6. The lowest BCUT2D eigenvalue weighted by molar-refractivity contribution is -0.161. The van der Waals surface area contributed by atoms with Gasteiger partial charge in [0.15, 0.2) is 12.2 Å². The average molecular weight is 1400 g/mol. The predicted molar refractivity (Wildman–Crippen MR) is 386 cm³/mol. The van der Waals surface area contributed by atoms with E-state index in [-0.39, 0.29) is 25.7 Å². The number of hydrogen-bond acceptors (Lipinski definition) is 15. The summed E-state index contributed by atoms with van der Waals surface area (Å²) in [5.74, 6) is 0.159. The fourth-order valence-corrected chi connectivity index (χ4v) is 13.1. The summed E-state index contributed by atoms with van der Waals surface area (Å²) in [4.78, 5) is 72.8. The van der Waals surface area contributed by atoms with Crippen molar-refractivity contribution in [3.05, 3.63) is 0 Å². The number of aliphatic hydroxyl groups is 1. The first kappa shape index (κ1) is 93.1. The zero-order valence-corrected chi connectivity index (χ0v) is 63.9. The number of phosphoric acid groups is 2. The van der Waals surface area contributed by atoms with Crippen LogP contribution < -0.4 is 0 Å². The van der Waals surface area contributed by atoms with Gasteiger partial charge in [0.05, 0.1) is 26.4 Å². The van der Waals surface area contributed by atoms with Crippen LogP contribution in [0.3, 0.4) is 0 Å². The summed E-state index contributed by atoms with van der Waals surface area (Å²) in [5, 5.41) is 10.6. The fraction of sp³-hybridized carbons (Fsp3) is 0.947. The standard InChI is InChI=1S/C76H148O17P2/c1-8-10-11-12-13-14-15-16-17-21-24-30-35-43-50-57-73(78)86-63-71(92-75(80)59-52-45-36-31-25-22-19-18-20-23-28-33-40-47-54-67(3)4)65-90-94(82,83)88-61-70(77)62-89-95(84,85)91-66-72(64-87-74(79)58-51-44-39-38-41-48-55-68(5)6)93-76(81)60-53-46-37-32-27-26-29-34-42-49-56-69(7)9-2/h67-72,77H,8-66H2,1-7H3,(H,82,83)(H,84,85)/t69?,70-,71-,72-/m1/s1. The number of carbonyl (C=O) groups is 4. The molecule has 0 aromatic heterocycles. The lowest BCUT2D eigenvalue weighted by atomic mass is 9.99. The quantitative estimate of drug-likeness (QED) is 0.0222. The average Bonchev–Trinajstić information content (AvgIpc) is 1.80. The van der Waals surface area contributed by atoms with Gasteiger partial charge in [0.1, 0.15) is 19.3 Å². The van der Waals surface area contributed by atoms with Crippen LogP contribution in [-0.4, -0.2) is 96.7 Å². The van der Waals surface area contributed by atoms with Gasteiger partial charge in [-0.2, -0.15) is 0 Å². The first-order chi connectivity index (χ1) is 45.8. The summed E-state index contributed by atoms with van der Waals surface area (Å²) in [6.07, 6.45) is 52.7. The van der Waals surface area contributed by atoms with Crippen LogP contribution in [0, 0.1) is 17.8 Å². The number of hydrogen-bond donors (Lipinski definition) is 3. The third-order valence-electron chi connectivity index (χ3n) is 18.0. The van der Waals surface area contributed by atoms with Gasteiger partial charge < -0.3 is 33.8 Å². The van der Waals surface area contributed by atoms with Gasteiger partial charge in [-0.1, -0.05) is 337 Å². The highest BCUT2D eigenvalue weighted by atomic mass is 31.2. The van der Waals surface area contributed by atoms with E-state index in [4.69, 9.17) is 37.0 Å². The molecule has 0 aliphatic carbocycles. The highest BCUT2D eigenvalue weighted by Crippen LogP contribution is 2.45. The van der Waals surface area contributed by atoms with E-state index >= 15 is 0 Å². The number of aliphatic hydroxyl groups excluding tert-OH is 1. The first-order valence-electron chi connectivity index (χ1n) is 39.4. The third-order valence-corrected chi connectivity index (χ3v) is 19.9. The molecule has 17 nitrogen and oxygen atoms in total. The van der Waals surface area contributed by atoms with E-state index in [1.54, 1.807) is 0 Å². The van der Waals surface area contributed by atoms with Gasteiger partial charge in [0, 0.05) is 25.7 Å². The van der Waals surface area contributed by atoms with Crippen LogP contribution in [0.2, 0.25) is 0 Å². The highest BCUT2D eigenvalue weighted by molar-refractivity contribution is 7.47. The summed E-state index contributed by atoms with van der Waals surface area (Å²) in [6, 6.07) is 0. The Morgan fingerprint density at radius 1 is 0.305 bits per heavy atom. The van der Waals surface area contributed by atoms with Gasteiger partial charge in [-0.25, -0.2) is 9.13 Å². The molecule has 0 aliphatic heterocycles. The Kier molecular flexibility index (Phi) is 65.2. The molecule has 0 heterocycles. The molecule has 0 bridgehead atoms. The van der Waals surface area contributed by atoms with Gasteiger partial charge >= 0.3 is 39.5 Å². The minimum Gasteiger partial charge on any atom is -0.462 e. The zero-order valence-electron chi connectivity index (χ0n) is 62.1. The van der Waals surface area contributed by atoms with Crippen molar-refractivity contribution in [2.24, 2.45) is 17.8 Å². The molecule has 19 heteroatoms. The zero-order chi connectivity index (χ0) is 70.1. The van der Waals surface area contributed by atoms with Crippen LogP contribution in [-0.2, 0) is 65.4 Å². The third kappa shape index (κ3) is 69.0. The van der Waals surface area contributed by atoms with Crippen molar-refractivity contribution in [3.63, 3.8) is 0 Å². The molecular formula is C76H148O17P2. The predicted octanol–water partition coefficient (Wildman–Crippen LogP) is 22.2. The molecule has 564 valence electrons. The molecule has 3 N–H and O–H groups in total. The molecule has 6 atom stereocenters. The minimum atomic E-state index is -4.96. The Morgan fingerprint density at radius 3 is 0.800 bits per heavy atom. The molecule has 0 saturated heterocycles. The van der Waals surface area contributed by atoms with Crippen LogP contribution >= 0.6 is 15.6 Å². The van der Waals surface area contributed by atoms with E-state index < -0.39 is 97.5 Å². The van der Waals surface area contributed by atoms with E-state index in [0.29, 0.717) is 31.6 Å². The van der Waals surface area contributed by atoms with E-state index in [1.165, 1.54) is 193 Å². The molecule has 0 rings (SSSR count). The SMILES string of the molecule is CCCCCCCCCCCCCCCCCC(=O)OC[C@H](COP(=O)(O)OC[C@@H](O)COP(=O)(O)OC[C@@H](COC(=O)CCCCCCCCC(C)C)OC(=O)CCCCCCCCCCCCC(C)CC)OC(=O)CCCCCCCCCCCCCCCCC(C)C. The van der Waals surface area contributed by atoms with Crippen molar-refractivity contribution in [2.45, 2.75) is 407 Å². The first-order valence-corrected chi connectivity index (χ1v) is 42.4. The van der Waals surface area contributed by atoms with Gasteiger partial charge in [-0.15, -0.1) is 0 Å². The Bertz CT molecular complexity index is 1850. The van der Waals surface area contributed by atoms with Crippen LogP contribution in [0.4, 0.5) is 0 Å². The number of esters is 4. The number of phosphoric ester groups is 2. The molecule has 0 radical (unpaired) electrons. The number of ether oxygens (including phenoxy) is 4. The maximum atomic E-state index is 13.1. The second-order valence-corrected chi connectivity index (χ2v) is 31.5. The maximum absolute atomic E-state index is 13.1. The molecule has 3 unspecified atom stereocenters. The van der Waals surface area contributed by atoms with Crippen molar-refractivity contribution < 1.29 is 80.2 Å². The lowest BCUT2D eigenvalue weighted by Gasteiger charge is -2.21. The molecule has 95 heavy (non-hydrogen) atoms. The number of unbranched alkanes of at least 4 members (excludes halogenated alkanes) is 41. The van der Waals surface area contributed by atoms with Crippen molar-refractivity contribution >= 4 is 39.5 Å². The largest absolute Gasteiger partial charge is 0.472 e. The van der Waals surface area contributed by atoms with Gasteiger partial charge in [0.2, 0.25) is 0 Å². The normalized spacial score (nSPS) is 14.4. The molecule has 0 amide bonds. The molecule has 0 aromatic rings. The van der Waals surface area contributed by atoms with Crippen LogP contribution in [0.25, 0.3) is 0 Å². The summed E-state index contributed by atoms with van der Waals surface area (Å²) in [7, 11) is -9.91. The second kappa shape index (κ2) is 66.6. The molecule has 0 fully saturated rings. The smallest absolute Gasteiger partial charge is 0.462 e. The second-order valence-electron chi connectivity index (χ2n) is 28.6. The minimum absolute atomic E-state index is 0.105. The van der Waals surface area contributed by atoms with Crippen molar-refractivity contribution in [2.75, 3.05) is 39.6 Å². The summed E-state index contributed by atoms with van der Waals surface area (Å²) in [5.41, 5.74) is 0. The topological polar surface area (TPSA) is 237 Å². The summed E-state index contributed by atoms with van der Waals surface area (Å²) >= 11 is 0. The Morgan fingerprint density at radius 2 is 0.537 bits per heavy atom.